The molecule has 1 aromatic rings. The normalized spacial score (nSPS) is 16.1. The van der Waals surface area contributed by atoms with Gasteiger partial charge in [0.2, 0.25) is 0 Å². The first-order chi connectivity index (χ1) is 10.1. The summed E-state index contributed by atoms with van der Waals surface area (Å²) in [4.78, 5) is 21.0. The molecule has 5 heteroatoms. The Bertz CT molecular complexity index is 553. The number of pyridine rings is 1. The van der Waals surface area contributed by atoms with E-state index in [1.165, 1.54) is 0 Å². The fraction of sp³-hybridized carbons (Fsp3) is 0.500. The zero-order chi connectivity index (χ0) is 15.2. The fourth-order valence-electron chi connectivity index (χ4n) is 2.54. The average Bonchev–Trinajstić information content (AvgIpc) is 2.52. The number of rotatable bonds is 2. The van der Waals surface area contributed by atoms with Gasteiger partial charge in [0.25, 0.3) is 5.91 Å². The lowest BCUT2D eigenvalue weighted by Gasteiger charge is -2.35. The lowest BCUT2D eigenvalue weighted by atomic mass is 10.0. The van der Waals surface area contributed by atoms with Crippen LogP contribution < -0.4 is 5.73 Å². The van der Waals surface area contributed by atoms with Crippen molar-refractivity contribution in [1.82, 2.24) is 14.8 Å². The number of nitrogens with zero attached hydrogens (tertiary/aromatic N) is 3. The van der Waals surface area contributed by atoms with Gasteiger partial charge in [0.1, 0.15) is 5.69 Å². The predicted molar refractivity (Wildman–Crippen MR) is 82.8 cm³/mol. The third kappa shape index (κ3) is 3.81. The summed E-state index contributed by atoms with van der Waals surface area (Å²) in [5.74, 6) is 5.65. The number of amides is 1. The molecule has 1 aromatic heterocycles. The van der Waals surface area contributed by atoms with Crippen LogP contribution in [-0.2, 0) is 0 Å². The lowest BCUT2D eigenvalue weighted by Crippen LogP contribution is -2.44. The summed E-state index contributed by atoms with van der Waals surface area (Å²) in [6.07, 6.45) is 3.62. The molecule has 0 radical (unpaired) electrons. The van der Waals surface area contributed by atoms with Crippen LogP contribution in [0.2, 0.25) is 0 Å². The van der Waals surface area contributed by atoms with Crippen molar-refractivity contribution >= 4 is 5.91 Å². The van der Waals surface area contributed by atoms with Crippen LogP contribution in [0.5, 0.6) is 0 Å². The van der Waals surface area contributed by atoms with Crippen molar-refractivity contribution in [3.05, 3.63) is 29.6 Å². The number of likely N-dealkylation sites (tertiary alicyclic amines) is 1. The molecule has 1 aliphatic rings. The molecule has 0 spiro atoms. The third-order valence-electron chi connectivity index (χ3n) is 3.89. The van der Waals surface area contributed by atoms with Crippen LogP contribution in [0.15, 0.2) is 18.3 Å². The maximum atomic E-state index is 12.7. The van der Waals surface area contributed by atoms with E-state index in [0.29, 0.717) is 11.3 Å². The monoisotopic (exact) mass is 286 g/mol. The highest BCUT2D eigenvalue weighted by Gasteiger charge is 2.26. The Balaban J connectivity index is 2.16. The molecule has 0 bridgehead atoms. The highest BCUT2D eigenvalue weighted by atomic mass is 16.2. The van der Waals surface area contributed by atoms with E-state index in [9.17, 15) is 4.79 Å². The van der Waals surface area contributed by atoms with E-state index in [0.717, 1.165) is 25.9 Å². The van der Waals surface area contributed by atoms with Gasteiger partial charge in [-0.15, -0.1) is 0 Å². The number of piperidine rings is 1. The SMILES string of the molecule is CN1CCC(N(C)C(=O)c2ncccc2C#CCN)CC1. The van der Waals surface area contributed by atoms with Crippen molar-refractivity contribution in [3.63, 3.8) is 0 Å². The van der Waals surface area contributed by atoms with Crippen LogP contribution >= 0.6 is 0 Å². The number of hydrogen-bond acceptors (Lipinski definition) is 4. The lowest BCUT2D eigenvalue weighted by molar-refractivity contribution is 0.0653. The Morgan fingerprint density at radius 2 is 2.24 bits per heavy atom. The van der Waals surface area contributed by atoms with E-state index in [1.807, 2.05) is 18.0 Å². The molecule has 2 N–H and O–H groups in total. The Labute approximate surface area is 126 Å². The van der Waals surface area contributed by atoms with Crippen LogP contribution in [-0.4, -0.2) is 60.5 Å². The van der Waals surface area contributed by atoms with Crippen LogP contribution in [0.1, 0.15) is 28.9 Å². The second kappa shape index (κ2) is 7.21. The standard InChI is InChI=1S/C16H22N4O/c1-19-11-7-14(8-12-19)20(2)16(21)15-13(5-3-9-17)6-4-10-18-15/h4,6,10,14H,7-9,11-12,17H2,1-2H3. The smallest absolute Gasteiger partial charge is 0.273 e. The fourth-order valence-corrected chi connectivity index (χ4v) is 2.54. The number of nitrogens with two attached hydrogens (primary N) is 1. The highest BCUT2D eigenvalue weighted by molar-refractivity contribution is 5.94. The third-order valence-corrected chi connectivity index (χ3v) is 3.89. The van der Waals surface area contributed by atoms with Gasteiger partial charge in [0.05, 0.1) is 12.1 Å². The molecule has 5 nitrogen and oxygen atoms in total. The number of hydrogen-bond donors (Lipinski definition) is 1. The van der Waals surface area contributed by atoms with Crippen molar-refractivity contribution in [3.8, 4) is 11.8 Å². The molecule has 2 heterocycles. The van der Waals surface area contributed by atoms with Gasteiger partial charge in [-0.3, -0.25) is 4.79 Å². The molecule has 0 saturated carbocycles. The minimum atomic E-state index is -0.0634. The summed E-state index contributed by atoms with van der Waals surface area (Å²) >= 11 is 0. The van der Waals surface area contributed by atoms with Crippen molar-refractivity contribution in [2.75, 3.05) is 33.7 Å². The van der Waals surface area contributed by atoms with E-state index >= 15 is 0 Å². The Kier molecular flexibility index (Phi) is 5.32. The molecular formula is C16H22N4O. The average molecular weight is 286 g/mol. The van der Waals surface area contributed by atoms with Gasteiger partial charge in [0, 0.05) is 19.3 Å². The Morgan fingerprint density at radius 3 is 2.90 bits per heavy atom. The minimum absolute atomic E-state index is 0.0634. The van der Waals surface area contributed by atoms with Crippen molar-refractivity contribution in [2.24, 2.45) is 5.73 Å². The van der Waals surface area contributed by atoms with Gasteiger partial charge in [-0.1, -0.05) is 11.8 Å². The second-order valence-electron chi connectivity index (χ2n) is 5.36. The highest BCUT2D eigenvalue weighted by Crippen LogP contribution is 2.17. The zero-order valence-corrected chi connectivity index (χ0v) is 12.7. The maximum absolute atomic E-state index is 12.7. The zero-order valence-electron chi connectivity index (χ0n) is 12.7. The van der Waals surface area contributed by atoms with Gasteiger partial charge >= 0.3 is 0 Å². The molecule has 21 heavy (non-hydrogen) atoms. The molecule has 0 aromatic carbocycles. The van der Waals surface area contributed by atoms with Crippen molar-refractivity contribution in [1.29, 1.82) is 0 Å². The Hall–Kier alpha value is -1.90. The molecule has 112 valence electrons. The molecule has 1 fully saturated rings. The van der Waals surface area contributed by atoms with Crippen LogP contribution in [0.3, 0.4) is 0 Å². The van der Waals surface area contributed by atoms with E-state index in [2.05, 4.69) is 28.8 Å². The minimum Gasteiger partial charge on any atom is -0.337 e. The van der Waals surface area contributed by atoms with Crippen LogP contribution in [0, 0.1) is 11.8 Å². The number of aromatic nitrogens is 1. The van der Waals surface area contributed by atoms with Crippen molar-refractivity contribution in [2.45, 2.75) is 18.9 Å². The molecule has 2 rings (SSSR count). The topological polar surface area (TPSA) is 62.5 Å². The number of carbonyl (C=O) groups is 1. The first kappa shape index (κ1) is 15.5. The van der Waals surface area contributed by atoms with Gasteiger partial charge in [-0.2, -0.15) is 0 Å². The van der Waals surface area contributed by atoms with Crippen LogP contribution in [0.4, 0.5) is 0 Å². The van der Waals surface area contributed by atoms with E-state index in [-0.39, 0.29) is 18.5 Å². The second-order valence-corrected chi connectivity index (χ2v) is 5.36. The molecule has 1 amide bonds. The molecule has 1 saturated heterocycles. The van der Waals surface area contributed by atoms with E-state index in [1.54, 1.807) is 12.3 Å². The maximum Gasteiger partial charge on any atom is 0.273 e. The summed E-state index contributed by atoms with van der Waals surface area (Å²) < 4.78 is 0. The quantitative estimate of drug-likeness (QED) is 0.807. The molecule has 1 aliphatic heterocycles. The number of carbonyl (C=O) groups excluding carboxylic acids is 1. The first-order valence-electron chi connectivity index (χ1n) is 7.23. The van der Waals surface area contributed by atoms with Crippen LogP contribution in [0.25, 0.3) is 0 Å². The Morgan fingerprint density at radius 1 is 1.52 bits per heavy atom. The predicted octanol–water partition coefficient (Wildman–Crippen LogP) is 0.558. The summed E-state index contributed by atoms with van der Waals surface area (Å²) in [6.45, 7) is 2.31. The van der Waals surface area contributed by atoms with Gasteiger partial charge in [-0.05, 0) is 45.1 Å². The molecular weight excluding hydrogens is 264 g/mol. The van der Waals surface area contributed by atoms with Gasteiger partial charge in [-0.25, -0.2) is 4.98 Å². The molecule has 0 aliphatic carbocycles. The first-order valence-corrected chi connectivity index (χ1v) is 7.23. The summed E-state index contributed by atoms with van der Waals surface area (Å²) in [7, 11) is 3.96. The summed E-state index contributed by atoms with van der Waals surface area (Å²) in [5.41, 5.74) is 6.46. The van der Waals surface area contributed by atoms with E-state index < -0.39 is 0 Å². The molecule has 0 unspecified atom stereocenters. The van der Waals surface area contributed by atoms with Gasteiger partial charge in [0.15, 0.2) is 0 Å². The molecule has 0 atom stereocenters. The summed E-state index contributed by atoms with van der Waals surface area (Å²) in [5, 5.41) is 0. The van der Waals surface area contributed by atoms with Gasteiger partial charge < -0.3 is 15.5 Å². The van der Waals surface area contributed by atoms with E-state index in [4.69, 9.17) is 5.73 Å². The van der Waals surface area contributed by atoms with Crippen molar-refractivity contribution < 1.29 is 4.79 Å². The summed E-state index contributed by atoms with van der Waals surface area (Å²) in [6, 6.07) is 3.86. The largest absolute Gasteiger partial charge is 0.337 e.